The van der Waals surface area contributed by atoms with E-state index in [2.05, 4.69) is 15.6 Å². The molecule has 0 atom stereocenters. The molecule has 6 heteroatoms. The third kappa shape index (κ3) is 2.87. The Bertz CT molecular complexity index is 434. The van der Waals surface area contributed by atoms with Crippen molar-refractivity contribution < 1.29 is 9.53 Å². The normalized spacial score (nSPS) is 13.9. The highest BCUT2D eigenvalue weighted by molar-refractivity contribution is 6.30. The molecule has 1 amide bonds. The summed E-state index contributed by atoms with van der Waals surface area (Å²) in [6.07, 6.45) is -0.588. The standard InChI is InChI=1S/C10H10ClN3O2/c11-7-2-1-3-8(6-7)14-10(15)16-9-12-4-5-13-9/h1-3,6H,4-5H2,(H,12,13)(H,14,15). The molecule has 0 fully saturated rings. The summed E-state index contributed by atoms with van der Waals surface area (Å²) < 4.78 is 4.90. The summed E-state index contributed by atoms with van der Waals surface area (Å²) in [4.78, 5) is 15.3. The van der Waals surface area contributed by atoms with Gasteiger partial charge in [-0.15, -0.1) is 0 Å². The molecule has 5 nitrogen and oxygen atoms in total. The monoisotopic (exact) mass is 239 g/mol. The second-order valence-electron chi connectivity index (χ2n) is 3.14. The Balaban J connectivity index is 1.91. The number of amidine groups is 1. The minimum absolute atomic E-state index is 0.250. The first-order valence-corrected chi connectivity index (χ1v) is 5.14. The Hall–Kier alpha value is -1.75. The smallest absolute Gasteiger partial charge is 0.376 e. The van der Waals surface area contributed by atoms with E-state index in [4.69, 9.17) is 16.3 Å². The summed E-state index contributed by atoms with van der Waals surface area (Å²) in [5.74, 6) is 0. The number of nitrogens with zero attached hydrogens (tertiary/aromatic N) is 1. The SMILES string of the molecule is O=C(Nc1cccc(Cl)c1)OC1=NCCN1. The van der Waals surface area contributed by atoms with E-state index in [-0.39, 0.29) is 6.02 Å². The molecular weight excluding hydrogens is 230 g/mol. The fraction of sp³-hybridized carbons (Fsp3) is 0.200. The summed E-state index contributed by atoms with van der Waals surface area (Å²) in [5, 5.41) is 5.92. The maximum absolute atomic E-state index is 11.4. The first-order chi connectivity index (χ1) is 7.74. The number of amides is 1. The Labute approximate surface area is 97.5 Å². The average molecular weight is 240 g/mol. The molecule has 16 heavy (non-hydrogen) atoms. The number of benzene rings is 1. The summed E-state index contributed by atoms with van der Waals surface area (Å²) in [5.41, 5.74) is 0.580. The zero-order chi connectivity index (χ0) is 11.4. The van der Waals surface area contributed by atoms with Crippen molar-refractivity contribution in [1.82, 2.24) is 5.32 Å². The highest BCUT2D eigenvalue weighted by atomic mass is 35.5. The molecule has 1 aromatic carbocycles. The lowest BCUT2D eigenvalue weighted by atomic mass is 10.3. The molecule has 1 heterocycles. The van der Waals surface area contributed by atoms with Crippen LogP contribution in [-0.2, 0) is 4.74 Å². The van der Waals surface area contributed by atoms with Crippen LogP contribution in [-0.4, -0.2) is 25.2 Å². The van der Waals surface area contributed by atoms with Gasteiger partial charge in [-0.1, -0.05) is 17.7 Å². The second kappa shape index (κ2) is 4.85. The number of anilines is 1. The lowest BCUT2D eigenvalue weighted by Crippen LogP contribution is -2.27. The number of hydrogen-bond donors (Lipinski definition) is 2. The number of ether oxygens (including phenoxy) is 1. The Morgan fingerprint density at radius 3 is 3.12 bits per heavy atom. The first kappa shape index (κ1) is 10.8. The van der Waals surface area contributed by atoms with Crippen LogP contribution in [0.1, 0.15) is 0 Å². The minimum atomic E-state index is -0.588. The lowest BCUT2D eigenvalue weighted by molar-refractivity contribution is 0.210. The van der Waals surface area contributed by atoms with Crippen LogP contribution in [0.5, 0.6) is 0 Å². The predicted molar refractivity (Wildman–Crippen MR) is 61.9 cm³/mol. The maximum atomic E-state index is 11.4. The minimum Gasteiger partial charge on any atom is -0.376 e. The van der Waals surface area contributed by atoms with Gasteiger partial charge in [0, 0.05) is 17.3 Å². The summed E-state index contributed by atoms with van der Waals surface area (Å²) in [7, 11) is 0. The molecule has 0 bridgehead atoms. The lowest BCUT2D eigenvalue weighted by Gasteiger charge is -2.06. The first-order valence-electron chi connectivity index (χ1n) is 4.77. The van der Waals surface area contributed by atoms with Crippen molar-refractivity contribution >= 4 is 29.4 Å². The average Bonchev–Trinajstić information content (AvgIpc) is 2.70. The van der Waals surface area contributed by atoms with Gasteiger partial charge in [0.15, 0.2) is 0 Å². The Morgan fingerprint density at radius 2 is 2.44 bits per heavy atom. The number of aliphatic imine (C=N–C) groups is 1. The largest absolute Gasteiger partial charge is 0.419 e. The van der Waals surface area contributed by atoms with Crippen molar-refractivity contribution in [3.05, 3.63) is 29.3 Å². The molecule has 1 aliphatic heterocycles. The van der Waals surface area contributed by atoms with Crippen LogP contribution < -0.4 is 10.6 Å². The van der Waals surface area contributed by atoms with Crippen molar-refractivity contribution in [3.8, 4) is 0 Å². The number of carbonyl (C=O) groups excluding carboxylic acids is 1. The van der Waals surface area contributed by atoms with E-state index in [0.717, 1.165) is 0 Å². The van der Waals surface area contributed by atoms with Crippen molar-refractivity contribution in [2.75, 3.05) is 18.4 Å². The van der Waals surface area contributed by atoms with Crippen LogP contribution in [0.3, 0.4) is 0 Å². The molecule has 0 aromatic heterocycles. The van der Waals surface area contributed by atoms with Gasteiger partial charge in [0.25, 0.3) is 6.02 Å². The highest BCUT2D eigenvalue weighted by Gasteiger charge is 2.11. The van der Waals surface area contributed by atoms with Crippen molar-refractivity contribution in [2.45, 2.75) is 0 Å². The van der Waals surface area contributed by atoms with E-state index in [1.54, 1.807) is 24.3 Å². The van der Waals surface area contributed by atoms with Crippen LogP contribution in [0.4, 0.5) is 10.5 Å². The molecule has 0 unspecified atom stereocenters. The molecule has 2 N–H and O–H groups in total. The van der Waals surface area contributed by atoms with Crippen LogP contribution in [0, 0.1) is 0 Å². The van der Waals surface area contributed by atoms with E-state index in [1.165, 1.54) is 0 Å². The molecule has 0 saturated carbocycles. The topological polar surface area (TPSA) is 62.7 Å². The second-order valence-corrected chi connectivity index (χ2v) is 3.57. The number of rotatable bonds is 1. The van der Waals surface area contributed by atoms with Crippen LogP contribution in [0.25, 0.3) is 0 Å². The number of hydrogen-bond acceptors (Lipinski definition) is 4. The maximum Gasteiger partial charge on any atom is 0.419 e. The molecule has 0 radical (unpaired) electrons. The number of carbonyl (C=O) groups is 1. The highest BCUT2D eigenvalue weighted by Crippen LogP contribution is 2.14. The van der Waals surface area contributed by atoms with E-state index in [0.29, 0.717) is 23.8 Å². The molecular formula is C10H10ClN3O2. The molecule has 0 spiro atoms. The zero-order valence-corrected chi connectivity index (χ0v) is 9.12. The molecule has 84 valence electrons. The van der Waals surface area contributed by atoms with Gasteiger partial charge in [-0.25, -0.2) is 9.79 Å². The fourth-order valence-corrected chi connectivity index (χ4v) is 1.43. The third-order valence-corrected chi connectivity index (χ3v) is 2.14. The van der Waals surface area contributed by atoms with Gasteiger partial charge in [0.1, 0.15) is 0 Å². The molecule has 1 aromatic rings. The predicted octanol–water partition coefficient (Wildman–Crippen LogP) is 1.85. The van der Waals surface area contributed by atoms with E-state index in [9.17, 15) is 4.79 Å². The fourth-order valence-electron chi connectivity index (χ4n) is 1.24. The van der Waals surface area contributed by atoms with Gasteiger partial charge in [-0.2, -0.15) is 0 Å². The van der Waals surface area contributed by atoms with Gasteiger partial charge in [0.2, 0.25) is 0 Å². The Kier molecular flexibility index (Phi) is 3.26. The van der Waals surface area contributed by atoms with Gasteiger partial charge in [-0.3, -0.25) is 5.32 Å². The molecule has 0 aliphatic carbocycles. The molecule has 0 saturated heterocycles. The van der Waals surface area contributed by atoms with Crippen molar-refractivity contribution in [1.29, 1.82) is 0 Å². The van der Waals surface area contributed by atoms with Crippen LogP contribution in [0.15, 0.2) is 29.3 Å². The van der Waals surface area contributed by atoms with Gasteiger partial charge < -0.3 is 10.1 Å². The molecule has 2 rings (SSSR count). The number of halogens is 1. The van der Waals surface area contributed by atoms with Crippen LogP contribution in [0.2, 0.25) is 5.02 Å². The summed E-state index contributed by atoms with van der Waals surface area (Å²) in [6, 6.07) is 7.06. The zero-order valence-electron chi connectivity index (χ0n) is 8.37. The third-order valence-electron chi connectivity index (χ3n) is 1.90. The van der Waals surface area contributed by atoms with Gasteiger partial charge >= 0.3 is 6.09 Å². The quantitative estimate of drug-likeness (QED) is 0.786. The summed E-state index contributed by atoms with van der Waals surface area (Å²) >= 11 is 5.77. The van der Waals surface area contributed by atoms with E-state index < -0.39 is 6.09 Å². The van der Waals surface area contributed by atoms with E-state index in [1.807, 2.05) is 0 Å². The molecule has 1 aliphatic rings. The van der Waals surface area contributed by atoms with Crippen molar-refractivity contribution in [3.63, 3.8) is 0 Å². The van der Waals surface area contributed by atoms with Gasteiger partial charge in [-0.05, 0) is 18.2 Å². The van der Waals surface area contributed by atoms with Crippen LogP contribution >= 0.6 is 11.6 Å². The van der Waals surface area contributed by atoms with E-state index >= 15 is 0 Å². The number of nitrogens with one attached hydrogen (secondary N) is 2. The van der Waals surface area contributed by atoms with Crippen molar-refractivity contribution in [2.24, 2.45) is 4.99 Å². The Morgan fingerprint density at radius 1 is 1.56 bits per heavy atom. The summed E-state index contributed by atoms with van der Waals surface area (Å²) in [6.45, 7) is 1.32. The van der Waals surface area contributed by atoms with Gasteiger partial charge in [0.05, 0.1) is 6.54 Å².